The summed E-state index contributed by atoms with van der Waals surface area (Å²) in [6, 6.07) is 11.1. The minimum atomic E-state index is -0.402. The molecule has 0 spiro atoms. The van der Waals surface area contributed by atoms with E-state index in [2.05, 4.69) is 4.98 Å². The summed E-state index contributed by atoms with van der Waals surface area (Å²) in [4.78, 5) is 30.8. The molecule has 0 aliphatic carbocycles. The number of carbonyl (C=O) groups excluding carboxylic acids is 2. The Hall–Kier alpha value is -3.39. The topological polar surface area (TPSA) is 78.0 Å². The maximum Gasteiger partial charge on any atom is 0.310 e. The zero-order chi connectivity index (χ0) is 23.3. The molecule has 0 saturated carbocycles. The van der Waals surface area contributed by atoms with Crippen LogP contribution >= 0.6 is 11.3 Å². The van der Waals surface area contributed by atoms with Gasteiger partial charge in [-0.3, -0.25) is 14.5 Å². The molecule has 1 heterocycles. The summed E-state index contributed by atoms with van der Waals surface area (Å²) in [6.07, 6.45) is 0.0617. The number of benzene rings is 2. The molecule has 0 aliphatic rings. The van der Waals surface area contributed by atoms with Gasteiger partial charge in [-0.1, -0.05) is 18.2 Å². The van der Waals surface area contributed by atoms with Gasteiger partial charge in [0.1, 0.15) is 18.1 Å². The lowest BCUT2D eigenvalue weighted by Gasteiger charge is -2.21. The largest absolute Gasteiger partial charge is 0.497 e. The standard InChI is InChI=1S/C24H26N2O5S/c1-15-7-6-8-21(16(15)2)26(17(3)27)24-25-19(14-32-24)13-31-23(28)11-18-9-10-20(29-4)12-22(18)30-5/h6-10,12,14H,11,13H2,1-5H3. The van der Waals surface area contributed by atoms with Crippen LogP contribution in [0.15, 0.2) is 41.8 Å². The van der Waals surface area contributed by atoms with Gasteiger partial charge in [-0.15, -0.1) is 11.3 Å². The molecule has 0 fully saturated rings. The van der Waals surface area contributed by atoms with Crippen molar-refractivity contribution < 1.29 is 23.8 Å². The second kappa shape index (κ2) is 10.3. The lowest BCUT2D eigenvalue weighted by molar-refractivity contribution is -0.144. The van der Waals surface area contributed by atoms with Crippen LogP contribution in [0, 0.1) is 13.8 Å². The van der Waals surface area contributed by atoms with Gasteiger partial charge < -0.3 is 14.2 Å². The van der Waals surface area contributed by atoms with Crippen LogP contribution in [0.4, 0.5) is 10.8 Å². The van der Waals surface area contributed by atoms with Crippen molar-refractivity contribution in [1.82, 2.24) is 4.98 Å². The maximum atomic E-state index is 12.4. The van der Waals surface area contributed by atoms with E-state index in [0.29, 0.717) is 27.9 Å². The summed E-state index contributed by atoms with van der Waals surface area (Å²) in [5, 5.41) is 2.33. The predicted octanol–water partition coefficient (Wildman–Crippen LogP) is 4.75. The van der Waals surface area contributed by atoms with Crippen LogP contribution in [0.5, 0.6) is 11.5 Å². The second-order valence-electron chi connectivity index (χ2n) is 7.21. The molecule has 3 aromatic rings. The first-order chi connectivity index (χ1) is 15.3. The highest BCUT2D eigenvalue weighted by molar-refractivity contribution is 7.14. The summed E-state index contributed by atoms with van der Waals surface area (Å²) in [7, 11) is 3.11. The number of thiazole rings is 1. The molecule has 32 heavy (non-hydrogen) atoms. The third-order valence-electron chi connectivity index (χ3n) is 5.07. The fraction of sp³-hybridized carbons (Fsp3) is 0.292. The van der Waals surface area contributed by atoms with Crippen molar-refractivity contribution in [1.29, 1.82) is 0 Å². The smallest absolute Gasteiger partial charge is 0.310 e. The van der Waals surface area contributed by atoms with Crippen LogP contribution in [-0.4, -0.2) is 31.1 Å². The van der Waals surface area contributed by atoms with Crippen LogP contribution in [0.25, 0.3) is 0 Å². The van der Waals surface area contributed by atoms with Crippen molar-refractivity contribution in [2.45, 2.75) is 33.8 Å². The van der Waals surface area contributed by atoms with E-state index in [9.17, 15) is 9.59 Å². The number of hydrogen-bond acceptors (Lipinski definition) is 7. The zero-order valence-corrected chi connectivity index (χ0v) is 19.6. The summed E-state index contributed by atoms with van der Waals surface area (Å²) < 4.78 is 15.9. The minimum absolute atomic E-state index is 0.0202. The molecule has 3 rings (SSSR count). The van der Waals surface area contributed by atoms with Gasteiger partial charge in [0.2, 0.25) is 5.91 Å². The molecule has 0 saturated heterocycles. The van der Waals surface area contributed by atoms with Crippen molar-refractivity contribution in [3.63, 3.8) is 0 Å². The monoisotopic (exact) mass is 454 g/mol. The van der Waals surface area contributed by atoms with Crippen molar-refractivity contribution in [2.75, 3.05) is 19.1 Å². The van der Waals surface area contributed by atoms with E-state index in [-0.39, 0.29) is 18.9 Å². The van der Waals surface area contributed by atoms with Crippen LogP contribution in [0.2, 0.25) is 0 Å². The van der Waals surface area contributed by atoms with Gasteiger partial charge in [0.05, 0.1) is 32.0 Å². The number of carbonyl (C=O) groups is 2. The number of aryl methyl sites for hydroxylation is 1. The average Bonchev–Trinajstić information content (AvgIpc) is 3.24. The molecule has 8 heteroatoms. The molecule has 0 bridgehead atoms. The Balaban J connectivity index is 1.69. The summed E-state index contributed by atoms with van der Waals surface area (Å²) in [6.45, 7) is 5.50. The van der Waals surface area contributed by atoms with Crippen molar-refractivity contribution in [3.8, 4) is 11.5 Å². The van der Waals surface area contributed by atoms with Crippen molar-refractivity contribution in [3.05, 3.63) is 64.2 Å². The van der Waals surface area contributed by atoms with Crippen LogP contribution in [0.1, 0.15) is 29.3 Å². The Labute approximate surface area is 191 Å². The van der Waals surface area contributed by atoms with Crippen LogP contribution in [-0.2, 0) is 27.4 Å². The van der Waals surface area contributed by atoms with Gasteiger partial charge in [0.15, 0.2) is 5.13 Å². The maximum absolute atomic E-state index is 12.4. The van der Waals surface area contributed by atoms with Crippen molar-refractivity contribution in [2.24, 2.45) is 0 Å². The van der Waals surface area contributed by atoms with E-state index < -0.39 is 5.97 Å². The number of nitrogens with zero attached hydrogens (tertiary/aromatic N) is 2. The van der Waals surface area contributed by atoms with E-state index in [0.717, 1.165) is 16.8 Å². The highest BCUT2D eigenvalue weighted by Gasteiger charge is 2.20. The van der Waals surface area contributed by atoms with E-state index >= 15 is 0 Å². The normalized spacial score (nSPS) is 10.5. The van der Waals surface area contributed by atoms with Crippen molar-refractivity contribution >= 4 is 34.0 Å². The molecule has 0 N–H and O–H groups in total. The highest BCUT2D eigenvalue weighted by atomic mass is 32.1. The molecule has 1 aromatic heterocycles. The van der Waals surface area contributed by atoms with Crippen LogP contribution < -0.4 is 14.4 Å². The van der Waals surface area contributed by atoms with Gasteiger partial charge in [-0.2, -0.15) is 0 Å². The molecular formula is C24H26N2O5S. The Kier molecular flexibility index (Phi) is 7.48. The molecule has 1 amide bonds. The molecular weight excluding hydrogens is 428 g/mol. The van der Waals surface area contributed by atoms with Gasteiger partial charge in [-0.25, -0.2) is 4.98 Å². The quantitative estimate of drug-likeness (QED) is 0.457. The van der Waals surface area contributed by atoms with Gasteiger partial charge in [0.25, 0.3) is 0 Å². The number of esters is 1. The minimum Gasteiger partial charge on any atom is -0.497 e. The summed E-state index contributed by atoms with van der Waals surface area (Å²) in [5.74, 6) is 0.667. The number of anilines is 2. The molecule has 168 valence electrons. The zero-order valence-electron chi connectivity index (χ0n) is 18.8. The van der Waals surface area contributed by atoms with E-state index in [4.69, 9.17) is 14.2 Å². The number of hydrogen-bond donors (Lipinski definition) is 0. The first-order valence-corrected chi connectivity index (χ1v) is 10.9. The third-order valence-corrected chi connectivity index (χ3v) is 5.95. The second-order valence-corrected chi connectivity index (χ2v) is 8.05. The van der Waals surface area contributed by atoms with E-state index in [1.54, 1.807) is 35.6 Å². The fourth-order valence-electron chi connectivity index (χ4n) is 3.21. The summed E-state index contributed by atoms with van der Waals surface area (Å²) in [5.41, 5.74) is 4.18. The molecule has 2 aromatic carbocycles. The Morgan fingerprint density at radius 3 is 2.56 bits per heavy atom. The number of methoxy groups -OCH3 is 2. The SMILES string of the molecule is COc1ccc(CC(=O)OCc2csc(N(C(C)=O)c3cccc(C)c3C)n2)c(OC)c1. The molecule has 0 atom stereocenters. The molecule has 0 radical (unpaired) electrons. The number of rotatable bonds is 8. The average molecular weight is 455 g/mol. The van der Waals surface area contributed by atoms with Crippen LogP contribution in [0.3, 0.4) is 0 Å². The molecule has 7 nitrogen and oxygen atoms in total. The van der Waals surface area contributed by atoms with Gasteiger partial charge >= 0.3 is 5.97 Å². The van der Waals surface area contributed by atoms with E-state index in [1.807, 2.05) is 32.0 Å². The van der Waals surface area contributed by atoms with Gasteiger partial charge in [0, 0.05) is 23.9 Å². The highest BCUT2D eigenvalue weighted by Crippen LogP contribution is 2.32. The Morgan fingerprint density at radius 2 is 1.88 bits per heavy atom. The first-order valence-electron chi connectivity index (χ1n) is 10.0. The summed E-state index contributed by atoms with van der Waals surface area (Å²) >= 11 is 1.33. The lowest BCUT2D eigenvalue weighted by atomic mass is 10.1. The number of aromatic nitrogens is 1. The number of amides is 1. The van der Waals surface area contributed by atoms with E-state index in [1.165, 1.54) is 25.4 Å². The van der Waals surface area contributed by atoms with Gasteiger partial charge in [-0.05, 0) is 37.1 Å². The number of ether oxygens (including phenoxy) is 3. The molecule has 0 aliphatic heterocycles. The fourth-order valence-corrected chi connectivity index (χ4v) is 4.07. The third kappa shape index (κ3) is 5.26. The Morgan fingerprint density at radius 1 is 1.09 bits per heavy atom. The predicted molar refractivity (Wildman–Crippen MR) is 124 cm³/mol. The Bertz CT molecular complexity index is 1130. The lowest BCUT2D eigenvalue weighted by Crippen LogP contribution is -2.23. The first kappa shape index (κ1) is 23.3. The molecule has 0 unspecified atom stereocenters.